The molecule has 1 aromatic heterocycles. The average Bonchev–Trinajstić information content (AvgIpc) is 3.21. The van der Waals surface area contributed by atoms with Crippen molar-refractivity contribution in [3.63, 3.8) is 0 Å². The van der Waals surface area contributed by atoms with E-state index in [4.69, 9.17) is 9.47 Å². The topological polar surface area (TPSA) is 118 Å². The fourth-order valence-electron chi connectivity index (χ4n) is 5.03. The molecule has 1 amide bonds. The number of hydrogen-bond acceptors (Lipinski definition) is 5. The third-order valence-electron chi connectivity index (χ3n) is 6.84. The number of rotatable bonds is 7. The van der Waals surface area contributed by atoms with Gasteiger partial charge in [-0.05, 0) is 92.2 Å². The second kappa shape index (κ2) is 15.0. The molecule has 10 heteroatoms. The van der Waals surface area contributed by atoms with Crippen LogP contribution in [0.3, 0.4) is 0 Å². The molecule has 3 aliphatic heterocycles. The Balaban J connectivity index is 0.00000162. The Kier molecular flexibility index (Phi) is 13.2. The van der Waals surface area contributed by atoms with Gasteiger partial charge in [-0.3, -0.25) is 9.78 Å². The Labute approximate surface area is 225 Å². The molecule has 4 heterocycles. The molecule has 0 aliphatic carbocycles. The van der Waals surface area contributed by atoms with E-state index < -0.39 is 0 Å². The van der Waals surface area contributed by atoms with Crippen LogP contribution in [0.25, 0.3) is 6.08 Å². The van der Waals surface area contributed by atoms with Crippen LogP contribution in [0.4, 0.5) is 0 Å². The highest BCUT2D eigenvalue weighted by Crippen LogP contribution is 2.36. The van der Waals surface area contributed by atoms with Crippen LogP contribution in [0.5, 0.6) is 11.5 Å². The zero-order valence-corrected chi connectivity index (χ0v) is 22.0. The number of hydrogen-bond donors (Lipinski definition) is 0. The summed E-state index contributed by atoms with van der Waals surface area (Å²) < 4.78 is 11.0. The Bertz CT molecular complexity index is 993. The van der Waals surface area contributed by atoms with Gasteiger partial charge < -0.3 is 30.2 Å². The molecule has 200 valence electrons. The molecule has 5 rings (SSSR count). The van der Waals surface area contributed by atoms with E-state index in [0.29, 0.717) is 12.5 Å². The number of likely N-dealkylation sites (tertiary alicyclic amines) is 1. The van der Waals surface area contributed by atoms with Crippen LogP contribution in [0.15, 0.2) is 42.9 Å². The molecule has 1 aromatic carbocycles. The van der Waals surface area contributed by atoms with Gasteiger partial charge in [0.25, 0.3) is 0 Å². The molecule has 1 unspecified atom stereocenters. The normalized spacial score (nSPS) is 18.1. The summed E-state index contributed by atoms with van der Waals surface area (Å²) in [6.07, 6.45) is 15.2. The number of amides is 1. The molecular weight excluding hydrogens is 505 g/mol. The molecule has 3 aliphatic rings. The zero-order valence-electron chi connectivity index (χ0n) is 20.4. The van der Waals surface area contributed by atoms with E-state index >= 15 is 0 Å². The lowest BCUT2D eigenvalue weighted by Gasteiger charge is -2.36. The van der Waals surface area contributed by atoms with Crippen molar-refractivity contribution >= 4 is 36.8 Å². The lowest BCUT2D eigenvalue weighted by molar-refractivity contribution is -0.128. The number of nitrogens with zero attached hydrogens (tertiary/aromatic N) is 3. The van der Waals surface area contributed by atoms with Crippen molar-refractivity contribution in [3.8, 4) is 11.5 Å². The van der Waals surface area contributed by atoms with Crippen LogP contribution in [0.1, 0.15) is 48.8 Å². The predicted molar refractivity (Wildman–Crippen MR) is 145 cm³/mol. The largest absolute Gasteiger partial charge is 0.454 e. The first-order valence-electron chi connectivity index (χ1n) is 11.8. The minimum absolute atomic E-state index is 0. The fourth-order valence-corrected chi connectivity index (χ4v) is 5.03. The van der Waals surface area contributed by atoms with Crippen molar-refractivity contribution < 1.29 is 25.2 Å². The summed E-state index contributed by atoms with van der Waals surface area (Å²) >= 11 is 0. The molecule has 0 bridgehead atoms. The van der Waals surface area contributed by atoms with E-state index in [1.165, 1.54) is 31.4 Å². The van der Waals surface area contributed by atoms with Crippen molar-refractivity contribution in [1.29, 1.82) is 0 Å². The van der Waals surface area contributed by atoms with Crippen LogP contribution in [-0.4, -0.2) is 64.1 Å². The number of ether oxygens (including phenoxy) is 2. The van der Waals surface area contributed by atoms with Crippen molar-refractivity contribution in [2.24, 2.45) is 0 Å². The lowest BCUT2D eigenvalue weighted by Crippen LogP contribution is -2.42. The lowest BCUT2D eigenvalue weighted by atomic mass is 9.98. The van der Waals surface area contributed by atoms with Gasteiger partial charge in [0.15, 0.2) is 11.5 Å². The smallest absolute Gasteiger partial charge is 0.231 e. The molecule has 36 heavy (non-hydrogen) atoms. The van der Waals surface area contributed by atoms with Crippen LogP contribution < -0.4 is 9.47 Å². The van der Waals surface area contributed by atoms with E-state index in [1.807, 2.05) is 41.7 Å². The highest BCUT2D eigenvalue weighted by atomic mass is 35.5. The van der Waals surface area contributed by atoms with Gasteiger partial charge in [0.1, 0.15) is 0 Å². The average molecular weight is 543 g/mol. The quantitative estimate of drug-likeness (QED) is 0.533. The Morgan fingerprint density at radius 3 is 2.53 bits per heavy atom. The van der Waals surface area contributed by atoms with Crippen molar-refractivity contribution in [3.05, 3.63) is 59.5 Å². The molecule has 0 radical (unpaired) electrons. The third kappa shape index (κ3) is 7.57. The second-order valence-corrected chi connectivity index (χ2v) is 8.92. The maximum Gasteiger partial charge on any atom is 0.231 e. The van der Waals surface area contributed by atoms with Crippen molar-refractivity contribution in [2.75, 3.05) is 26.4 Å². The maximum atomic E-state index is 12.9. The Morgan fingerprint density at radius 1 is 1.00 bits per heavy atom. The molecule has 1 atom stereocenters. The summed E-state index contributed by atoms with van der Waals surface area (Å²) in [7, 11) is 0. The SMILES string of the molecule is Cl.Cl.O.O.O=C1Cc2cc3c(cc2C=CN1CCC1CCCCN1CCCc1ccncc1)OCO3. The first-order chi connectivity index (χ1) is 15.8. The Morgan fingerprint density at radius 2 is 1.75 bits per heavy atom. The van der Waals surface area contributed by atoms with Gasteiger partial charge in [-0.2, -0.15) is 0 Å². The third-order valence-corrected chi connectivity index (χ3v) is 6.84. The number of aromatic nitrogens is 1. The van der Waals surface area contributed by atoms with E-state index in [-0.39, 0.29) is 48.5 Å². The number of aryl methyl sites for hydroxylation is 1. The number of piperidine rings is 1. The van der Waals surface area contributed by atoms with Gasteiger partial charge in [-0.25, -0.2) is 0 Å². The van der Waals surface area contributed by atoms with E-state index in [2.05, 4.69) is 22.0 Å². The summed E-state index contributed by atoms with van der Waals surface area (Å²) in [6, 6.07) is 8.70. The molecule has 4 N–H and O–H groups in total. The second-order valence-electron chi connectivity index (χ2n) is 8.92. The summed E-state index contributed by atoms with van der Waals surface area (Å²) in [4.78, 5) is 21.6. The number of carbonyl (C=O) groups is 1. The molecular formula is C26H37Cl2N3O5. The Hall–Kier alpha value is -2.36. The maximum absolute atomic E-state index is 12.9. The minimum atomic E-state index is 0. The van der Waals surface area contributed by atoms with E-state index in [0.717, 1.165) is 55.0 Å². The monoisotopic (exact) mass is 541 g/mol. The molecule has 1 fully saturated rings. The molecule has 8 nitrogen and oxygen atoms in total. The van der Waals surface area contributed by atoms with Crippen LogP contribution >= 0.6 is 24.8 Å². The molecule has 0 spiro atoms. The van der Waals surface area contributed by atoms with Crippen LogP contribution in [0.2, 0.25) is 0 Å². The van der Waals surface area contributed by atoms with Crippen LogP contribution in [0, 0.1) is 0 Å². The van der Waals surface area contributed by atoms with E-state index in [1.54, 1.807) is 0 Å². The van der Waals surface area contributed by atoms with E-state index in [9.17, 15) is 4.79 Å². The summed E-state index contributed by atoms with van der Waals surface area (Å²) in [6.45, 7) is 3.31. The number of pyridine rings is 1. The molecule has 0 saturated carbocycles. The van der Waals surface area contributed by atoms with Gasteiger partial charge in [-0.1, -0.05) is 6.42 Å². The molecule has 2 aromatic rings. The highest BCUT2D eigenvalue weighted by molar-refractivity contribution is 5.86. The number of halogens is 2. The summed E-state index contributed by atoms with van der Waals surface area (Å²) in [5.74, 6) is 1.65. The summed E-state index contributed by atoms with van der Waals surface area (Å²) in [5.41, 5.74) is 3.41. The van der Waals surface area contributed by atoms with Gasteiger partial charge in [-0.15, -0.1) is 24.8 Å². The van der Waals surface area contributed by atoms with Gasteiger partial charge in [0, 0.05) is 31.2 Å². The predicted octanol–water partition coefficient (Wildman–Crippen LogP) is 3.24. The fraction of sp³-hybridized carbons (Fsp3) is 0.462. The summed E-state index contributed by atoms with van der Waals surface area (Å²) in [5, 5.41) is 0. The van der Waals surface area contributed by atoms with Crippen molar-refractivity contribution in [1.82, 2.24) is 14.8 Å². The first kappa shape index (κ1) is 31.7. The zero-order chi connectivity index (χ0) is 21.8. The van der Waals surface area contributed by atoms with Gasteiger partial charge in [0.05, 0.1) is 6.42 Å². The van der Waals surface area contributed by atoms with Crippen LogP contribution in [-0.2, 0) is 17.6 Å². The molecule has 1 saturated heterocycles. The van der Waals surface area contributed by atoms with Crippen molar-refractivity contribution in [2.45, 2.75) is 51.0 Å². The van der Waals surface area contributed by atoms with Gasteiger partial charge in [0.2, 0.25) is 12.7 Å². The first-order valence-corrected chi connectivity index (χ1v) is 11.8. The number of carbonyl (C=O) groups excluding carboxylic acids is 1. The standard InChI is InChI=1S/C26H31N3O3.2ClH.2H2O/c30-26-18-22-17-25-24(31-19-32-25)16-21(22)8-14-29(26)15-9-23-5-1-2-12-28(23)13-3-4-20-6-10-27-11-7-20;;;;/h6-8,10-11,14,16-17,23H,1-5,9,12-13,15,18-19H2;2*1H;2*1H2. The number of fused-ring (bicyclic) bond motifs is 2. The number of benzene rings is 1. The highest BCUT2D eigenvalue weighted by Gasteiger charge is 2.25. The van der Waals surface area contributed by atoms with Gasteiger partial charge >= 0.3 is 0 Å². The minimum Gasteiger partial charge on any atom is -0.454 e.